The molecule has 116 valence electrons. The molecule has 6 heteroatoms. The van der Waals surface area contributed by atoms with Crippen LogP contribution in [0.25, 0.3) is 0 Å². The number of aliphatic carboxylic acids is 1. The van der Waals surface area contributed by atoms with Gasteiger partial charge < -0.3 is 20.5 Å². The molecule has 0 aliphatic heterocycles. The van der Waals surface area contributed by atoms with E-state index in [4.69, 9.17) is 9.84 Å². The summed E-state index contributed by atoms with van der Waals surface area (Å²) in [6, 6.07) is -0.253. The molecule has 0 aromatic carbocycles. The maximum absolute atomic E-state index is 11.7. The third-order valence-electron chi connectivity index (χ3n) is 4.26. The average Bonchev–Trinajstić information content (AvgIpc) is 2.90. The van der Waals surface area contributed by atoms with Crippen molar-refractivity contribution in [1.29, 1.82) is 0 Å². The molecule has 0 aromatic rings. The van der Waals surface area contributed by atoms with E-state index in [1.165, 1.54) is 32.8 Å². The number of ether oxygens (including phenoxy) is 1. The van der Waals surface area contributed by atoms with Crippen LogP contribution in [0, 0.1) is 5.41 Å². The van der Waals surface area contributed by atoms with Crippen molar-refractivity contribution in [3.05, 3.63) is 0 Å². The maximum Gasteiger partial charge on any atom is 0.314 e. The summed E-state index contributed by atoms with van der Waals surface area (Å²) in [7, 11) is 1.44. The molecular formula is C14H26N2O4. The quantitative estimate of drug-likeness (QED) is 0.634. The molecule has 1 rings (SSSR count). The van der Waals surface area contributed by atoms with Crippen LogP contribution in [0.3, 0.4) is 0 Å². The van der Waals surface area contributed by atoms with Crippen LogP contribution in [0.2, 0.25) is 0 Å². The van der Waals surface area contributed by atoms with E-state index in [9.17, 15) is 9.59 Å². The largest absolute Gasteiger partial charge is 0.481 e. The second kappa shape index (κ2) is 8.09. The van der Waals surface area contributed by atoms with E-state index in [1.54, 1.807) is 0 Å². The number of nitrogens with one attached hydrogen (secondary N) is 2. The van der Waals surface area contributed by atoms with Crippen LogP contribution in [-0.4, -0.2) is 43.4 Å². The highest BCUT2D eigenvalue weighted by Gasteiger charge is 2.32. The minimum Gasteiger partial charge on any atom is -0.481 e. The summed E-state index contributed by atoms with van der Waals surface area (Å²) in [5, 5.41) is 14.2. The zero-order valence-electron chi connectivity index (χ0n) is 12.4. The van der Waals surface area contributed by atoms with Gasteiger partial charge >= 0.3 is 12.0 Å². The Morgan fingerprint density at radius 1 is 1.30 bits per heavy atom. The molecule has 1 aliphatic carbocycles. The Kier molecular flexibility index (Phi) is 6.78. The van der Waals surface area contributed by atoms with Gasteiger partial charge in [0.15, 0.2) is 0 Å². The Morgan fingerprint density at radius 3 is 2.45 bits per heavy atom. The predicted octanol–water partition coefficient (Wildman–Crippen LogP) is 1.75. The second-order valence-corrected chi connectivity index (χ2v) is 5.58. The smallest absolute Gasteiger partial charge is 0.314 e. The van der Waals surface area contributed by atoms with Gasteiger partial charge in [0, 0.05) is 20.2 Å². The third kappa shape index (κ3) is 5.36. The zero-order valence-corrected chi connectivity index (χ0v) is 12.4. The van der Waals surface area contributed by atoms with Crippen molar-refractivity contribution in [3.8, 4) is 0 Å². The third-order valence-corrected chi connectivity index (χ3v) is 4.26. The van der Waals surface area contributed by atoms with E-state index in [0.717, 1.165) is 6.42 Å². The minimum absolute atomic E-state index is 0.115. The molecule has 0 heterocycles. The van der Waals surface area contributed by atoms with Crippen LogP contribution in [0.1, 0.15) is 45.4 Å². The predicted molar refractivity (Wildman–Crippen MR) is 75.6 cm³/mol. The first-order valence-corrected chi connectivity index (χ1v) is 7.27. The average molecular weight is 286 g/mol. The van der Waals surface area contributed by atoms with E-state index in [1.807, 2.05) is 0 Å². The first kappa shape index (κ1) is 16.8. The summed E-state index contributed by atoms with van der Waals surface area (Å²) in [5.41, 5.74) is 0.249. The highest BCUT2D eigenvalue weighted by Crippen LogP contribution is 2.40. The lowest BCUT2D eigenvalue weighted by Crippen LogP contribution is -2.44. The highest BCUT2D eigenvalue weighted by atomic mass is 16.5. The van der Waals surface area contributed by atoms with Crippen molar-refractivity contribution in [1.82, 2.24) is 10.6 Å². The summed E-state index contributed by atoms with van der Waals surface area (Å²) >= 11 is 0. The molecule has 0 radical (unpaired) electrons. The van der Waals surface area contributed by atoms with Gasteiger partial charge in [-0.25, -0.2) is 4.79 Å². The number of carboxylic acids is 1. The summed E-state index contributed by atoms with van der Waals surface area (Å²) in [6.45, 7) is 3.05. The molecule has 1 saturated carbocycles. The van der Waals surface area contributed by atoms with Gasteiger partial charge in [0.05, 0.1) is 12.5 Å². The summed E-state index contributed by atoms with van der Waals surface area (Å²) in [4.78, 5) is 22.3. The molecule has 1 fully saturated rings. The number of hydrogen-bond donors (Lipinski definition) is 3. The number of hydrogen-bond acceptors (Lipinski definition) is 3. The van der Waals surface area contributed by atoms with Crippen molar-refractivity contribution >= 4 is 12.0 Å². The molecule has 1 aliphatic rings. The molecule has 1 atom stereocenters. The lowest BCUT2D eigenvalue weighted by Gasteiger charge is -2.27. The molecule has 20 heavy (non-hydrogen) atoms. The summed E-state index contributed by atoms with van der Waals surface area (Å²) < 4.78 is 5.01. The number of methoxy groups -OCH3 is 1. The highest BCUT2D eigenvalue weighted by molar-refractivity contribution is 5.74. The molecular weight excluding hydrogens is 260 g/mol. The topological polar surface area (TPSA) is 87.7 Å². The maximum atomic E-state index is 11.7. The lowest BCUT2D eigenvalue weighted by molar-refractivity contribution is -0.139. The molecule has 3 N–H and O–H groups in total. The monoisotopic (exact) mass is 286 g/mol. The van der Waals surface area contributed by atoms with Crippen molar-refractivity contribution in [2.45, 2.75) is 51.6 Å². The molecule has 0 bridgehead atoms. The first-order chi connectivity index (χ1) is 9.51. The summed E-state index contributed by atoms with van der Waals surface area (Å²) in [6.07, 6.45) is 5.28. The van der Waals surface area contributed by atoms with E-state index in [2.05, 4.69) is 17.6 Å². The van der Waals surface area contributed by atoms with Gasteiger partial charge in [-0.2, -0.15) is 0 Å². The van der Waals surface area contributed by atoms with E-state index >= 15 is 0 Å². The molecule has 2 amide bonds. The number of urea groups is 1. The molecule has 0 saturated heterocycles. The van der Waals surface area contributed by atoms with E-state index < -0.39 is 12.1 Å². The van der Waals surface area contributed by atoms with Crippen LogP contribution < -0.4 is 10.6 Å². The Morgan fingerprint density at radius 2 is 1.95 bits per heavy atom. The van der Waals surface area contributed by atoms with Crippen molar-refractivity contribution in [2.75, 3.05) is 20.2 Å². The molecule has 6 nitrogen and oxygen atoms in total. The Labute approximate surface area is 120 Å². The van der Waals surface area contributed by atoms with Crippen LogP contribution in [-0.2, 0) is 9.53 Å². The minimum atomic E-state index is -0.935. The van der Waals surface area contributed by atoms with Crippen LogP contribution in [0.15, 0.2) is 0 Å². The summed E-state index contributed by atoms with van der Waals surface area (Å²) in [5.74, 6) is -0.935. The fourth-order valence-corrected chi connectivity index (χ4v) is 2.75. The molecule has 1 unspecified atom stereocenters. The van der Waals surface area contributed by atoms with Crippen molar-refractivity contribution < 1.29 is 19.4 Å². The Balaban J connectivity index is 2.27. The van der Waals surface area contributed by atoms with Crippen molar-refractivity contribution in [3.63, 3.8) is 0 Å². The number of carboxylic acid groups (broad SMARTS) is 1. The van der Waals surface area contributed by atoms with Crippen LogP contribution >= 0.6 is 0 Å². The molecule has 0 aromatic heterocycles. The zero-order chi connectivity index (χ0) is 15.0. The Bertz CT molecular complexity index is 327. The first-order valence-electron chi connectivity index (χ1n) is 7.27. The SMILES string of the molecule is CCC1(CNC(=O)NCC(CC(=O)O)OC)CCCC1. The fraction of sp³-hybridized carbons (Fsp3) is 0.857. The number of amides is 2. The number of carbonyl (C=O) groups excluding carboxylic acids is 1. The van der Waals surface area contributed by atoms with Gasteiger partial charge in [0.1, 0.15) is 0 Å². The van der Waals surface area contributed by atoms with E-state index in [0.29, 0.717) is 6.54 Å². The number of carbonyl (C=O) groups is 2. The second-order valence-electron chi connectivity index (χ2n) is 5.58. The van der Waals surface area contributed by atoms with Crippen LogP contribution in [0.4, 0.5) is 4.79 Å². The fourth-order valence-electron chi connectivity index (χ4n) is 2.75. The van der Waals surface area contributed by atoms with Crippen LogP contribution in [0.5, 0.6) is 0 Å². The lowest BCUT2D eigenvalue weighted by atomic mass is 9.83. The number of rotatable bonds is 8. The van der Waals surface area contributed by atoms with Crippen molar-refractivity contribution in [2.24, 2.45) is 5.41 Å². The van der Waals surface area contributed by atoms with Gasteiger partial charge in [0.2, 0.25) is 0 Å². The van der Waals surface area contributed by atoms with E-state index in [-0.39, 0.29) is 24.4 Å². The van der Waals surface area contributed by atoms with Gasteiger partial charge in [-0.15, -0.1) is 0 Å². The Hall–Kier alpha value is -1.30. The van der Waals surface area contributed by atoms with Gasteiger partial charge in [0.25, 0.3) is 0 Å². The van der Waals surface area contributed by atoms with Gasteiger partial charge in [-0.1, -0.05) is 19.8 Å². The molecule has 0 spiro atoms. The van der Waals surface area contributed by atoms with Gasteiger partial charge in [-0.3, -0.25) is 4.79 Å². The standard InChI is InChI=1S/C14H26N2O4/c1-3-14(6-4-5-7-14)10-16-13(19)15-9-11(20-2)8-12(17)18/h11H,3-10H2,1-2H3,(H,17,18)(H2,15,16,19). The van der Waals surface area contributed by atoms with Gasteiger partial charge in [-0.05, 0) is 24.7 Å². The normalized spacial score (nSPS) is 18.5.